The van der Waals surface area contributed by atoms with Gasteiger partial charge >= 0.3 is 5.97 Å². The molecular formula is C9H9BrO4. The predicted octanol–water partition coefficient (Wildman–Crippen LogP) is 1.36. The summed E-state index contributed by atoms with van der Waals surface area (Å²) in [5.41, 5.74) is 0.356. The van der Waals surface area contributed by atoms with Gasteiger partial charge in [-0.1, -0.05) is 22.0 Å². The fourth-order valence-corrected chi connectivity index (χ4v) is 1.56. The third-order valence-electron chi connectivity index (χ3n) is 1.70. The minimum atomic E-state index is -1.34. The molecule has 14 heavy (non-hydrogen) atoms. The van der Waals surface area contributed by atoms with Gasteiger partial charge in [0.1, 0.15) is 5.75 Å². The summed E-state index contributed by atoms with van der Waals surface area (Å²) < 4.78 is 4.83. The van der Waals surface area contributed by atoms with E-state index in [9.17, 15) is 9.90 Å². The molecule has 4 nitrogen and oxygen atoms in total. The molecule has 0 saturated heterocycles. The Kier molecular flexibility index (Phi) is 3.49. The average Bonchev–Trinajstić information content (AvgIpc) is 2.15. The van der Waals surface area contributed by atoms with Gasteiger partial charge in [-0.3, -0.25) is 0 Å². The predicted molar refractivity (Wildman–Crippen MR) is 52.8 cm³/mol. The molecule has 76 valence electrons. The third-order valence-corrected chi connectivity index (χ3v) is 2.39. The molecule has 2 N–H and O–H groups in total. The van der Waals surface area contributed by atoms with Crippen LogP contribution in [0.3, 0.4) is 0 Å². The second kappa shape index (κ2) is 4.43. The summed E-state index contributed by atoms with van der Waals surface area (Å²) in [6.07, 6.45) is -1.34. The highest BCUT2D eigenvalue weighted by Crippen LogP contribution is 2.27. The third kappa shape index (κ3) is 2.24. The topological polar surface area (TPSA) is 66.8 Å². The molecule has 0 aromatic heterocycles. The number of rotatable bonds is 2. The summed E-state index contributed by atoms with van der Waals surface area (Å²) in [6, 6.07) is 4.22. The summed E-state index contributed by atoms with van der Waals surface area (Å²) in [5.74, 6) is -0.686. The van der Waals surface area contributed by atoms with Crippen molar-refractivity contribution in [3.63, 3.8) is 0 Å². The van der Waals surface area contributed by atoms with Gasteiger partial charge in [0.15, 0.2) is 6.10 Å². The van der Waals surface area contributed by atoms with Gasteiger partial charge in [-0.15, -0.1) is 0 Å². The first-order valence-electron chi connectivity index (χ1n) is 3.80. The Morgan fingerprint density at radius 1 is 1.57 bits per heavy atom. The summed E-state index contributed by atoms with van der Waals surface area (Å²) in [4.78, 5) is 11.0. The van der Waals surface area contributed by atoms with Gasteiger partial charge in [-0.2, -0.15) is 0 Å². The summed E-state index contributed by atoms with van der Waals surface area (Å²) in [7, 11) is 1.19. The van der Waals surface area contributed by atoms with Crippen molar-refractivity contribution in [2.24, 2.45) is 0 Å². The summed E-state index contributed by atoms with van der Waals surface area (Å²) >= 11 is 3.12. The molecule has 1 rings (SSSR count). The molecule has 0 spiro atoms. The Balaban J connectivity index is 3.01. The Morgan fingerprint density at radius 2 is 2.21 bits per heavy atom. The van der Waals surface area contributed by atoms with Gasteiger partial charge < -0.3 is 14.9 Å². The minimum absolute atomic E-state index is 0.0534. The highest BCUT2D eigenvalue weighted by molar-refractivity contribution is 9.10. The molecule has 0 aliphatic heterocycles. The number of aliphatic hydroxyl groups excluding tert-OH is 1. The van der Waals surface area contributed by atoms with Crippen LogP contribution in [-0.2, 0) is 9.53 Å². The van der Waals surface area contributed by atoms with Crippen molar-refractivity contribution in [3.8, 4) is 5.75 Å². The number of carbonyl (C=O) groups excluding carboxylic acids is 1. The standard InChI is InChI=1S/C9H9BrO4/c1-14-9(13)8(12)6-3-2-5(11)4-7(6)10/h2-4,8,11-12H,1H3. The molecule has 0 radical (unpaired) electrons. The lowest BCUT2D eigenvalue weighted by atomic mass is 10.1. The number of aliphatic hydroxyl groups is 1. The first-order valence-corrected chi connectivity index (χ1v) is 4.60. The lowest BCUT2D eigenvalue weighted by molar-refractivity contribution is -0.150. The smallest absolute Gasteiger partial charge is 0.339 e. The number of carbonyl (C=O) groups is 1. The molecule has 5 heteroatoms. The van der Waals surface area contributed by atoms with Gasteiger partial charge in [0, 0.05) is 10.0 Å². The summed E-state index contributed by atoms with van der Waals surface area (Å²) in [6.45, 7) is 0. The largest absolute Gasteiger partial charge is 0.508 e. The number of phenols is 1. The van der Waals surface area contributed by atoms with Crippen LogP contribution >= 0.6 is 15.9 Å². The van der Waals surface area contributed by atoms with Gasteiger partial charge in [0.2, 0.25) is 0 Å². The van der Waals surface area contributed by atoms with Crippen LogP contribution in [0.2, 0.25) is 0 Å². The van der Waals surface area contributed by atoms with Crippen molar-refractivity contribution in [3.05, 3.63) is 28.2 Å². The minimum Gasteiger partial charge on any atom is -0.508 e. The van der Waals surface area contributed by atoms with Crippen LogP contribution in [0.15, 0.2) is 22.7 Å². The maximum Gasteiger partial charge on any atom is 0.339 e. The molecule has 1 aromatic rings. The maximum absolute atomic E-state index is 11.0. The Hall–Kier alpha value is -1.07. The fourth-order valence-electron chi connectivity index (χ4n) is 0.976. The van der Waals surface area contributed by atoms with Gasteiger partial charge in [0.25, 0.3) is 0 Å². The summed E-state index contributed by atoms with van der Waals surface area (Å²) in [5, 5.41) is 18.6. The van der Waals surface area contributed by atoms with Crippen molar-refractivity contribution in [1.29, 1.82) is 0 Å². The van der Waals surface area contributed by atoms with E-state index in [1.165, 1.54) is 25.3 Å². The molecular weight excluding hydrogens is 252 g/mol. The van der Waals surface area contributed by atoms with Crippen LogP contribution in [0.5, 0.6) is 5.75 Å². The van der Waals surface area contributed by atoms with E-state index in [0.29, 0.717) is 10.0 Å². The number of methoxy groups -OCH3 is 1. The van der Waals surface area contributed by atoms with Crippen molar-refractivity contribution < 1.29 is 19.7 Å². The van der Waals surface area contributed by atoms with Crippen LogP contribution < -0.4 is 0 Å². The van der Waals surface area contributed by atoms with Crippen LogP contribution in [-0.4, -0.2) is 23.3 Å². The Morgan fingerprint density at radius 3 is 2.71 bits per heavy atom. The molecule has 0 saturated carbocycles. The van der Waals surface area contributed by atoms with Gasteiger partial charge in [-0.25, -0.2) is 4.79 Å². The number of benzene rings is 1. The fraction of sp³-hybridized carbons (Fsp3) is 0.222. The first kappa shape index (κ1) is 11.0. The van der Waals surface area contributed by atoms with Crippen LogP contribution in [0.25, 0.3) is 0 Å². The molecule has 0 bridgehead atoms. The SMILES string of the molecule is COC(=O)C(O)c1ccc(O)cc1Br. The Labute approximate surface area is 89.3 Å². The number of esters is 1. The number of hydrogen-bond acceptors (Lipinski definition) is 4. The van der Waals surface area contributed by atoms with E-state index >= 15 is 0 Å². The van der Waals surface area contributed by atoms with E-state index in [4.69, 9.17) is 5.11 Å². The zero-order valence-electron chi connectivity index (χ0n) is 7.40. The van der Waals surface area contributed by atoms with E-state index in [2.05, 4.69) is 20.7 Å². The second-order valence-electron chi connectivity index (χ2n) is 2.63. The Bertz CT molecular complexity index is 351. The molecule has 1 unspecified atom stereocenters. The quantitative estimate of drug-likeness (QED) is 0.789. The lowest BCUT2D eigenvalue weighted by Gasteiger charge is -2.10. The van der Waals surface area contributed by atoms with Crippen molar-refractivity contribution >= 4 is 21.9 Å². The second-order valence-corrected chi connectivity index (χ2v) is 3.49. The van der Waals surface area contributed by atoms with Crippen LogP contribution in [0.1, 0.15) is 11.7 Å². The molecule has 0 fully saturated rings. The zero-order chi connectivity index (χ0) is 10.7. The zero-order valence-corrected chi connectivity index (χ0v) is 8.98. The van der Waals surface area contributed by atoms with Crippen molar-refractivity contribution in [2.75, 3.05) is 7.11 Å². The monoisotopic (exact) mass is 260 g/mol. The maximum atomic E-state index is 11.0. The number of ether oxygens (including phenoxy) is 1. The molecule has 0 aliphatic carbocycles. The molecule has 1 aromatic carbocycles. The highest BCUT2D eigenvalue weighted by atomic mass is 79.9. The molecule has 1 atom stereocenters. The van der Waals surface area contributed by atoms with E-state index < -0.39 is 12.1 Å². The average molecular weight is 261 g/mol. The van der Waals surface area contributed by atoms with Gasteiger partial charge in [0.05, 0.1) is 7.11 Å². The van der Waals surface area contributed by atoms with E-state index in [0.717, 1.165) is 0 Å². The van der Waals surface area contributed by atoms with E-state index in [1.807, 2.05) is 0 Å². The normalized spacial score (nSPS) is 12.2. The number of hydrogen-bond donors (Lipinski definition) is 2. The van der Waals surface area contributed by atoms with E-state index in [1.54, 1.807) is 0 Å². The van der Waals surface area contributed by atoms with Crippen molar-refractivity contribution in [1.82, 2.24) is 0 Å². The molecule has 0 heterocycles. The van der Waals surface area contributed by atoms with E-state index in [-0.39, 0.29) is 5.75 Å². The molecule has 0 aliphatic rings. The van der Waals surface area contributed by atoms with Crippen LogP contribution in [0, 0.1) is 0 Å². The number of halogens is 1. The molecule has 0 amide bonds. The van der Waals surface area contributed by atoms with Gasteiger partial charge in [-0.05, 0) is 12.1 Å². The number of phenolic OH excluding ortho intramolecular Hbond substituents is 1. The highest BCUT2D eigenvalue weighted by Gasteiger charge is 2.20. The lowest BCUT2D eigenvalue weighted by Crippen LogP contribution is -2.13. The van der Waals surface area contributed by atoms with Crippen LogP contribution in [0.4, 0.5) is 0 Å². The number of aromatic hydroxyl groups is 1. The van der Waals surface area contributed by atoms with Crippen molar-refractivity contribution in [2.45, 2.75) is 6.10 Å². The first-order chi connectivity index (χ1) is 6.56.